The predicted molar refractivity (Wildman–Crippen MR) is 77.3 cm³/mol. The van der Waals surface area contributed by atoms with Gasteiger partial charge in [0.15, 0.2) is 0 Å². The van der Waals surface area contributed by atoms with Gasteiger partial charge in [0.05, 0.1) is 4.90 Å². The summed E-state index contributed by atoms with van der Waals surface area (Å²) in [6, 6.07) is 4.85. The van der Waals surface area contributed by atoms with E-state index in [0.29, 0.717) is 11.6 Å². The molecule has 0 aliphatic rings. The molecule has 1 rings (SSSR count). The first-order valence-electron chi connectivity index (χ1n) is 5.70. The Bertz CT molecular complexity index is 511. The average molecular weight is 288 g/mol. The van der Waals surface area contributed by atoms with Crippen molar-refractivity contribution in [1.29, 1.82) is 0 Å². The van der Waals surface area contributed by atoms with Crippen molar-refractivity contribution in [2.75, 3.05) is 25.6 Å². The zero-order valence-electron chi connectivity index (χ0n) is 11.2. The van der Waals surface area contributed by atoms with Gasteiger partial charge in [-0.1, -0.05) is 13.8 Å². The van der Waals surface area contributed by atoms with E-state index in [9.17, 15) is 8.42 Å². The Balaban J connectivity index is 3.08. The van der Waals surface area contributed by atoms with E-state index in [2.05, 4.69) is 13.8 Å². The molecule has 1 aromatic carbocycles. The second-order valence-corrected chi connectivity index (χ2v) is 7.91. The lowest BCUT2D eigenvalue weighted by Crippen LogP contribution is -2.22. The van der Waals surface area contributed by atoms with Crippen LogP contribution in [0.25, 0.3) is 0 Å². The van der Waals surface area contributed by atoms with Crippen molar-refractivity contribution in [3.8, 4) is 0 Å². The highest BCUT2D eigenvalue weighted by Crippen LogP contribution is 2.29. The molecule has 0 spiro atoms. The van der Waals surface area contributed by atoms with Crippen molar-refractivity contribution in [2.24, 2.45) is 5.92 Å². The molecular weight excluding hydrogens is 268 g/mol. The van der Waals surface area contributed by atoms with Crippen LogP contribution in [0.3, 0.4) is 0 Å². The highest BCUT2D eigenvalue weighted by Gasteiger charge is 2.18. The third kappa shape index (κ3) is 3.63. The van der Waals surface area contributed by atoms with Crippen LogP contribution < -0.4 is 5.73 Å². The van der Waals surface area contributed by atoms with E-state index in [4.69, 9.17) is 5.73 Å². The molecule has 0 unspecified atom stereocenters. The molecule has 102 valence electrons. The minimum Gasteiger partial charge on any atom is -0.398 e. The van der Waals surface area contributed by atoms with E-state index in [0.717, 1.165) is 10.6 Å². The minimum absolute atomic E-state index is 0.285. The molecule has 0 fully saturated rings. The van der Waals surface area contributed by atoms with Crippen LogP contribution in [0.2, 0.25) is 0 Å². The summed E-state index contributed by atoms with van der Waals surface area (Å²) in [4.78, 5) is 1.11. The molecule has 0 radical (unpaired) electrons. The molecule has 6 heteroatoms. The summed E-state index contributed by atoms with van der Waals surface area (Å²) >= 11 is 1.59. The molecule has 0 aliphatic carbocycles. The number of thioether (sulfide) groups is 1. The van der Waals surface area contributed by atoms with Crippen molar-refractivity contribution in [2.45, 2.75) is 23.6 Å². The number of nitrogens with two attached hydrogens (primary N) is 1. The lowest BCUT2D eigenvalue weighted by Gasteiger charge is -2.14. The second kappa shape index (κ2) is 5.95. The molecule has 0 saturated carbocycles. The molecule has 4 nitrogen and oxygen atoms in total. The van der Waals surface area contributed by atoms with Gasteiger partial charge in [0.2, 0.25) is 10.0 Å². The van der Waals surface area contributed by atoms with Crippen LogP contribution in [0.1, 0.15) is 13.8 Å². The van der Waals surface area contributed by atoms with E-state index in [-0.39, 0.29) is 4.90 Å². The molecule has 0 aromatic heterocycles. The van der Waals surface area contributed by atoms with Crippen molar-refractivity contribution in [3.63, 3.8) is 0 Å². The number of sulfonamides is 1. The zero-order valence-corrected chi connectivity index (χ0v) is 12.8. The fourth-order valence-electron chi connectivity index (χ4n) is 1.27. The molecule has 0 aliphatic heterocycles. The normalized spacial score (nSPS) is 12.3. The number of benzene rings is 1. The number of anilines is 1. The number of hydrogen-bond donors (Lipinski definition) is 1. The maximum Gasteiger partial charge on any atom is 0.242 e. The molecule has 0 amide bonds. The Morgan fingerprint density at radius 2 is 1.94 bits per heavy atom. The van der Waals surface area contributed by atoms with Crippen LogP contribution in [0, 0.1) is 5.92 Å². The lowest BCUT2D eigenvalue weighted by molar-refractivity contribution is 0.520. The summed E-state index contributed by atoms with van der Waals surface area (Å²) in [6.07, 6.45) is 0. The fourth-order valence-corrected chi connectivity index (χ4v) is 3.23. The largest absolute Gasteiger partial charge is 0.398 e. The van der Waals surface area contributed by atoms with Crippen molar-refractivity contribution in [1.82, 2.24) is 4.31 Å². The van der Waals surface area contributed by atoms with Gasteiger partial charge in [-0.3, -0.25) is 0 Å². The van der Waals surface area contributed by atoms with Gasteiger partial charge < -0.3 is 5.73 Å². The van der Waals surface area contributed by atoms with E-state index < -0.39 is 10.0 Å². The molecule has 2 N–H and O–H groups in total. The molecular formula is C12H20N2O2S2. The Morgan fingerprint density at radius 1 is 1.33 bits per heavy atom. The molecule has 0 saturated heterocycles. The Morgan fingerprint density at radius 3 is 2.44 bits per heavy atom. The highest BCUT2D eigenvalue weighted by atomic mass is 32.2. The predicted octanol–water partition coefficient (Wildman–Crippen LogP) is 2.27. The van der Waals surface area contributed by atoms with Gasteiger partial charge in [-0.2, -0.15) is 0 Å². The van der Waals surface area contributed by atoms with Gasteiger partial charge in [-0.25, -0.2) is 12.7 Å². The maximum absolute atomic E-state index is 12.0. The van der Waals surface area contributed by atoms with Gasteiger partial charge in [0, 0.05) is 30.4 Å². The van der Waals surface area contributed by atoms with Crippen LogP contribution >= 0.6 is 11.8 Å². The third-order valence-corrected chi connectivity index (χ3v) is 5.64. The van der Waals surface area contributed by atoms with Crippen molar-refractivity contribution < 1.29 is 8.42 Å². The molecule has 18 heavy (non-hydrogen) atoms. The number of nitrogen functional groups attached to an aromatic ring is 1. The fraction of sp³-hybridized carbons (Fsp3) is 0.500. The molecule has 1 aromatic rings. The maximum atomic E-state index is 12.0. The van der Waals surface area contributed by atoms with E-state index in [1.807, 2.05) is 0 Å². The first kappa shape index (κ1) is 15.3. The third-order valence-electron chi connectivity index (χ3n) is 2.34. The van der Waals surface area contributed by atoms with Crippen molar-refractivity contribution in [3.05, 3.63) is 18.2 Å². The Labute approximate surface area is 114 Å². The SMILES string of the molecule is CC(C)CSc1cc(S(=O)(=O)N(C)C)ccc1N. The standard InChI is InChI=1S/C12H20N2O2S2/c1-9(2)8-17-12-7-10(5-6-11(12)13)18(15,16)14(3)4/h5-7,9H,8,13H2,1-4H3. The number of hydrogen-bond acceptors (Lipinski definition) is 4. The quantitative estimate of drug-likeness (QED) is 0.667. The molecule has 0 bridgehead atoms. The monoisotopic (exact) mass is 288 g/mol. The van der Waals surface area contributed by atoms with Crippen LogP contribution in [0.5, 0.6) is 0 Å². The van der Waals surface area contributed by atoms with Gasteiger partial charge in [-0.15, -0.1) is 11.8 Å². The minimum atomic E-state index is -3.39. The summed E-state index contributed by atoms with van der Waals surface area (Å²) < 4.78 is 25.2. The smallest absolute Gasteiger partial charge is 0.242 e. The van der Waals surface area contributed by atoms with Crippen molar-refractivity contribution >= 4 is 27.5 Å². The van der Waals surface area contributed by atoms with E-state index in [1.54, 1.807) is 30.0 Å². The van der Waals surface area contributed by atoms with E-state index in [1.165, 1.54) is 18.4 Å². The summed E-state index contributed by atoms with van der Waals surface area (Å²) in [5.74, 6) is 1.44. The first-order chi connectivity index (χ1) is 8.25. The zero-order chi connectivity index (χ0) is 13.9. The van der Waals surface area contributed by atoms with Crippen LogP contribution in [-0.4, -0.2) is 32.6 Å². The summed E-state index contributed by atoms with van der Waals surface area (Å²) in [7, 11) is -0.349. The number of rotatable bonds is 5. The topological polar surface area (TPSA) is 63.4 Å². The first-order valence-corrected chi connectivity index (χ1v) is 8.12. The molecule has 0 atom stereocenters. The molecule has 0 heterocycles. The average Bonchev–Trinajstić information content (AvgIpc) is 2.27. The van der Waals surface area contributed by atoms with Crippen LogP contribution in [0.4, 0.5) is 5.69 Å². The lowest BCUT2D eigenvalue weighted by atomic mass is 10.3. The van der Waals surface area contributed by atoms with Gasteiger partial charge >= 0.3 is 0 Å². The second-order valence-electron chi connectivity index (χ2n) is 4.69. The van der Waals surface area contributed by atoms with Gasteiger partial charge in [0.1, 0.15) is 0 Å². The highest BCUT2D eigenvalue weighted by molar-refractivity contribution is 7.99. The number of nitrogens with zero attached hydrogens (tertiary/aromatic N) is 1. The summed E-state index contributed by atoms with van der Waals surface area (Å²) in [5.41, 5.74) is 6.49. The van der Waals surface area contributed by atoms with Crippen LogP contribution in [-0.2, 0) is 10.0 Å². The van der Waals surface area contributed by atoms with Gasteiger partial charge in [-0.05, 0) is 24.1 Å². The van der Waals surface area contributed by atoms with E-state index >= 15 is 0 Å². The van der Waals surface area contributed by atoms with Crippen LogP contribution in [0.15, 0.2) is 28.0 Å². The van der Waals surface area contributed by atoms with Gasteiger partial charge in [0.25, 0.3) is 0 Å². The summed E-state index contributed by atoms with van der Waals surface area (Å²) in [5, 5.41) is 0. The Hall–Kier alpha value is -0.720. The summed E-state index contributed by atoms with van der Waals surface area (Å²) in [6.45, 7) is 4.23. The Kier molecular flexibility index (Phi) is 5.07.